The molecule has 1 saturated heterocycles. The van der Waals surface area contributed by atoms with E-state index in [2.05, 4.69) is 10.4 Å². The number of para-hydroxylation sites is 1. The summed E-state index contributed by atoms with van der Waals surface area (Å²) in [6.45, 7) is 1.12. The minimum atomic E-state index is -0.506. The van der Waals surface area contributed by atoms with E-state index < -0.39 is 5.82 Å². The van der Waals surface area contributed by atoms with Crippen LogP contribution in [-0.4, -0.2) is 39.6 Å². The lowest BCUT2D eigenvalue weighted by Crippen LogP contribution is -2.44. The molecule has 2 aliphatic rings. The van der Waals surface area contributed by atoms with E-state index in [9.17, 15) is 14.0 Å². The number of carbonyl (C=O) groups is 2. The van der Waals surface area contributed by atoms with Crippen molar-refractivity contribution in [3.63, 3.8) is 0 Å². The molecule has 136 valence electrons. The molecular weight excluding hydrogens is 335 g/mol. The molecule has 0 bridgehead atoms. The summed E-state index contributed by atoms with van der Waals surface area (Å²) < 4.78 is 15.9. The minimum Gasteiger partial charge on any atom is -0.342 e. The molecule has 1 atom stereocenters. The van der Waals surface area contributed by atoms with Gasteiger partial charge in [0.2, 0.25) is 11.8 Å². The first-order chi connectivity index (χ1) is 12.6. The maximum Gasteiger partial charge on any atom is 0.229 e. The quantitative estimate of drug-likeness (QED) is 0.916. The second-order valence-corrected chi connectivity index (χ2v) is 6.97. The first kappa shape index (κ1) is 16.8. The van der Waals surface area contributed by atoms with Crippen LogP contribution in [0.1, 0.15) is 25.7 Å². The average molecular weight is 356 g/mol. The van der Waals surface area contributed by atoms with Crippen LogP contribution in [0.25, 0.3) is 5.69 Å². The molecule has 6 nitrogen and oxygen atoms in total. The van der Waals surface area contributed by atoms with Crippen molar-refractivity contribution in [2.75, 3.05) is 18.4 Å². The number of anilines is 1. The lowest BCUT2D eigenvalue weighted by molar-refractivity contribution is -0.135. The van der Waals surface area contributed by atoms with E-state index in [1.54, 1.807) is 35.5 Å². The van der Waals surface area contributed by atoms with Crippen LogP contribution in [0.5, 0.6) is 0 Å². The topological polar surface area (TPSA) is 67.2 Å². The molecule has 2 fully saturated rings. The highest BCUT2D eigenvalue weighted by atomic mass is 19.1. The Hall–Kier alpha value is -2.70. The molecule has 1 aromatic heterocycles. The van der Waals surface area contributed by atoms with E-state index in [-0.39, 0.29) is 29.3 Å². The summed E-state index contributed by atoms with van der Waals surface area (Å²) in [5, 5.41) is 6.84. The Balaban J connectivity index is 1.50. The van der Waals surface area contributed by atoms with E-state index in [0.717, 1.165) is 19.3 Å². The highest BCUT2D eigenvalue weighted by Gasteiger charge is 2.36. The van der Waals surface area contributed by atoms with Crippen LogP contribution in [0.4, 0.5) is 10.1 Å². The SMILES string of the molecule is O=C(Nc1c(F)cccc1-n1cccn1)C1CCCN(C(=O)C2CC2)C1. The van der Waals surface area contributed by atoms with Gasteiger partial charge in [-0.2, -0.15) is 5.10 Å². The van der Waals surface area contributed by atoms with Crippen molar-refractivity contribution < 1.29 is 14.0 Å². The number of hydrogen-bond donors (Lipinski definition) is 1. The summed E-state index contributed by atoms with van der Waals surface area (Å²) in [6.07, 6.45) is 6.69. The monoisotopic (exact) mass is 356 g/mol. The summed E-state index contributed by atoms with van der Waals surface area (Å²) in [5.74, 6) is -0.776. The maximum absolute atomic E-state index is 14.4. The van der Waals surface area contributed by atoms with Crippen LogP contribution in [0.3, 0.4) is 0 Å². The molecule has 0 spiro atoms. The molecule has 1 saturated carbocycles. The molecule has 0 radical (unpaired) electrons. The molecular formula is C19H21FN4O2. The molecule has 1 aliphatic heterocycles. The maximum atomic E-state index is 14.4. The Kier molecular flexibility index (Phi) is 4.44. The van der Waals surface area contributed by atoms with E-state index >= 15 is 0 Å². The Morgan fingerprint density at radius 2 is 2.00 bits per heavy atom. The predicted octanol–water partition coefficient (Wildman–Crippen LogP) is 2.60. The minimum absolute atomic E-state index is 0.117. The third-order valence-electron chi connectivity index (χ3n) is 5.02. The second kappa shape index (κ2) is 6.90. The highest BCUT2D eigenvalue weighted by molar-refractivity contribution is 5.95. The fourth-order valence-electron chi connectivity index (χ4n) is 3.44. The summed E-state index contributed by atoms with van der Waals surface area (Å²) in [5.41, 5.74) is 0.594. The Morgan fingerprint density at radius 1 is 1.15 bits per heavy atom. The standard InChI is InChI=1S/C19H21FN4O2/c20-15-5-1-6-16(24-11-3-9-21-24)17(15)22-18(25)14-4-2-10-23(12-14)19(26)13-7-8-13/h1,3,5-6,9,11,13-14H,2,4,7-8,10,12H2,(H,22,25). The van der Waals surface area contributed by atoms with Gasteiger partial charge in [0.1, 0.15) is 11.5 Å². The number of hydrogen-bond acceptors (Lipinski definition) is 3. The zero-order valence-electron chi connectivity index (χ0n) is 14.4. The van der Waals surface area contributed by atoms with Crippen LogP contribution in [0, 0.1) is 17.7 Å². The second-order valence-electron chi connectivity index (χ2n) is 6.97. The third-order valence-corrected chi connectivity index (χ3v) is 5.02. The third kappa shape index (κ3) is 3.34. The van der Waals surface area contributed by atoms with Crippen LogP contribution >= 0.6 is 0 Å². The normalized spacial score (nSPS) is 20.0. The summed E-state index contributed by atoms with van der Waals surface area (Å²) in [7, 11) is 0. The van der Waals surface area contributed by atoms with Gasteiger partial charge in [0.15, 0.2) is 0 Å². The van der Waals surface area contributed by atoms with Gasteiger partial charge in [-0.1, -0.05) is 6.07 Å². The van der Waals surface area contributed by atoms with E-state index in [4.69, 9.17) is 0 Å². The fraction of sp³-hybridized carbons (Fsp3) is 0.421. The average Bonchev–Trinajstić information content (AvgIpc) is 3.37. The summed E-state index contributed by atoms with van der Waals surface area (Å²) in [4.78, 5) is 26.8. The number of nitrogens with zero attached hydrogens (tertiary/aromatic N) is 3. The Bertz CT molecular complexity index is 817. The molecule has 1 aliphatic carbocycles. The Labute approximate surface area is 151 Å². The zero-order chi connectivity index (χ0) is 18.1. The van der Waals surface area contributed by atoms with Gasteiger partial charge in [0.05, 0.1) is 11.6 Å². The van der Waals surface area contributed by atoms with Crippen LogP contribution in [0.2, 0.25) is 0 Å². The van der Waals surface area contributed by atoms with E-state index in [1.165, 1.54) is 10.7 Å². The molecule has 1 N–H and O–H groups in total. The first-order valence-corrected chi connectivity index (χ1v) is 9.01. The zero-order valence-corrected chi connectivity index (χ0v) is 14.4. The van der Waals surface area contributed by atoms with Crippen molar-refractivity contribution in [2.24, 2.45) is 11.8 Å². The van der Waals surface area contributed by atoms with Crippen molar-refractivity contribution >= 4 is 17.5 Å². The number of rotatable bonds is 4. The largest absolute Gasteiger partial charge is 0.342 e. The number of likely N-dealkylation sites (tertiary alicyclic amines) is 1. The van der Waals surface area contributed by atoms with Gasteiger partial charge >= 0.3 is 0 Å². The number of amides is 2. The van der Waals surface area contributed by atoms with Gasteiger partial charge in [-0.25, -0.2) is 9.07 Å². The van der Waals surface area contributed by atoms with Gasteiger partial charge in [0, 0.05) is 31.4 Å². The van der Waals surface area contributed by atoms with Crippen molar-refractivity contribution in [1.82, 2.24) is 14.7 Å². The molecule has 7 heteroatoms. The predicted molar refractivity (Wildman–Crippen MR) is 94.2 cm³/mol. The number of aromatic nitrogens is 2. The molecule has 1 unspecified atom stereocenters. The molecule has 1 aromatic carbocycles. The molecule has 26 heavy (non-hydrogen) atoms. The molecule has 4 rings (SSSR count). The molecule has 2 aromatic rings. The first-order valence-electron chi connectivity index (χ1n) is 9.01. The van der Waals surface area contributed by atoms with Crippen LogP contribution in [-0.2, 0) is 9.59 Å². The van der Waals surface area contributed by atoms with E-state index in [0.29, 0.717) is 25.2 Å². The van der Waals surface area contributed by atoms with Crippen LogP contribution in [0.15, 0.2) is 36.7 Å². The van der Waals surface area contributed by atoms with Gasteiger partial charge in [-0.05, 0) is 43.9 Å². The summed E-state index contributed by atoms with van der Waals surface area (Å²) in [6, 6.07) is 6.33. The van der Waals surface area contributed by atoms with Gasteiger partial charge in [-0.15, -0.1) is 0 Å². The van der Waals surface area contributed by atoms with Crippen molar-refractivity contribution in [1.29, 1.82) is 0 Å². The van der Waals surface area contributed by atoms with Crippen molar-refractivity contribution in [3.05, 3.63) is 42.5 Å². The van der Waals surface area contributed by atoms with Gasteiger partial charge in [-0.3, -0.25) is 9.59 Å². The molecule has 2 amide bonds. The smallest absolute Gasteiger partial charge is 0.229 e. The number of piperidine rings is 1. The van der Waals surface area contributed by atoms with Gasteiger partial charge in [0.25, 0.3) is 0 Å². The van der Waals surface area contributed by atoms with Gasteiger partial charge < -0.3 is 10.2 Å². The van der Waals surface area contributed by atoms with Crippen molar-refractivity contribution in [2.45, 2.75) is 25.7 Å². The van der Waals surface area contributed by atoms with Crippen molar-refractivity contribution in [3.8, 4) is 5.69 Å². The summed E-state index contributed by atoms with van der Waals surface area (Å²) >= 11 is 0. The lowest BCUT2D eigenvalue weighted by Gasteiger charge is -2.32. The Morgan fingerprint density at radius 3 is 2.73 bits per heavy atom. The number of benzene rings is 1. The number of carbonyl (C=O) groups excluding carboxylic acids is 2. The fourth-order valence-corrected chi connectivity index (χ4v) is 3.44. The number of halogens is 1. The lowest BCUT2D eigenvalue weighted by atomic mass is 9.96. The van der Waals surface area contributed by atoms with E-state index in [1.807, 2.05) is 0 Å². The van der Waals surface area contributed by atoms with Crippen LogP contribution < -0.4 is 5.32 Å². The number of nitrogens with one attached hydrogen (secondary N) is 1. The molecule has 2 heterocycles. The highest BCUT2D eigenvalue weighted by Crippen LogP contribution is 2.33.